The molecule has 1 aromatic carbocycles. The third-order valence-corrected chi connectivity index (χ3v) is 5.66. The summed E-state index contributed by atoms with van der Waals surface area (Å²) in [6, 6.07) is 5.32. The highest BCUT2D eigenvalue weighted by Gasteiger charge is 2.52. The molecule has 1 spiro atoms. The molecule has 2 saturated heterocycles. The molecule has 0 radical (unpaired) electrons. The number of piperidine rings is 1. The van der Waals surface area contributed by atoms with Gasteiger partial charge in [0.2, 0.25) is 0 Å². The summed E-state index contributed by atoms with van der Waals surface area (Å²) in [6.07, 6.45) is 0.466. The van der Waals surface area contributed by atoms with Crippen LogP contribution in [0.5, 0.6) is 5.75 Å². The molecule has 7 heteroatoms. The fourth-order valence-corrected chi connectivity index (χ4v) is 3.85. The normalized spacial score (nSPS) is 28.0. The van der Waals surface area contributed by atoms with Gasteiger partial charge < -0.3 is 29.9 Å². The zero-order chi connectivity index (χ0) is 18.9. The van der Waals surface area contributed by atoms with Crippen molar-refractivity contribution in [1.82, 2.24) is 4.90 Å². The van der Waals surface area contributed by atoms with E-state index < -0.39 is 17.3 Å². The summed E-state index contributed by atoms with van der Waals surface area (Å²) in [6.45, 7) is 4.91. The van der Waals surface area contributed by atoms with E-state index in [4.69, 9.17) is 9.47 Å². The molecule has 2 heterocycles. The monoisotopic (exact) mass is 364 g/mol. The number of amides is 2. The molecule has 3 N–H and O–H groups in total. The highest BCUT2D eigenvalue weighted by atomic mass is 16.5. The number of anilines is 1. The van der Waals surface area contributed by atoms with Gasteiger partial charge in [-0.15, -0.1) is 0 Å². The standard InChI is InChI=1S/C19H28N2O5/c1-13-12-14(25-3)4-5-15(13)20-17(23)21-9-6-19(7-10-21)16(22)18(2,24)8-11-26-19/h4-5,12,16,22,24H,6-11H2,1-3H3,(H,20,23)/t16-,18+/m0/s1. The van der Waals surface area contributed by atoms with Gasteiger partial charge in [0.15, 0.2) is 0 Å². The summed E-state index contributed by atoms with van der Waals surface area (Å²) in [5.41, 5.74) is -0.251. The second-order valence-corrected chi connectivity index (χ2v) is 7.52. The number of urea groups is 1. The van der Waals surface area contributed by atoms with E-state index in [2.05, 4.69) is 5.32 Å². The summed E-state index contributed by atoms with van der Waals surface area (Å²) in [7, 11) is 1.61. The van der Waals surface area contributed by atoms with E-state index in [-0.39, 0.29) is 6.03 Å². The topological polar surface area (TPSA) is 91.3 Å². The number of aryl methyl sites for hydroxylation is 1. The molecule has 26 heavy (non-hydrogen) atoms. The Bertz CT molecular complexity index is 668. The number of methoxy groups -OCH3 is 1. The third kappa shape index (κ3) is 3.51. The molecule has 0 saturated carbocycles. The Morgan fingerprint density at radius 3 is 2.65 bits per heavy atom. The van der Waals surface area contributed by atoms with E-state index in [1.54, 1.807) is 18.9 Å². The predicted octanol–water partition coefficient (Wildman–Crippen LogP) is 1.90. The van der Waals surface area contributed by atoms with Gasteiger partial charge in [-0.1, -0.05) is 0 Å². The molecule has 2 aliphatic heterocycles. The van der Waals surface area contributed by atoms with Gasteiger partial charge in [0, 0.05) is 25.2 Å². The molecule has 1 aromatic rings. The molecular formula is C19H28N2O5. The van der Waals surface area contributed by atoms with Crippen molar-refractivity contribution >= 4 is 11.7 Å². The van der Waals surface area contributed by atoms with Gasteiger partial charge in [0.25, 0.3) is 0 Å². The number of nitrogens with one attached hydrogen (secondary N) is 1. The summed E-state index contributed by atoms with van der Waals surface area (Å²) in [5, 5.41) is 23.9. The van der Waals surface area contributed by atoms with Crippen LogP contribution in [0.4, 0.5) is 10.5 Å². The lowest BCUT2D eigenvalue weighted by molar-refractivity contribution is -0.244. The number of nitrogens with zero attached hydrogens (tertiary/aromatic N) is 1. The second kappa shape index (κ2) is 7.06. The van der Waals surface area contributed by atoms with Gasteiger partial charge in [0.05, 0.1) is 19.3 Å². The van der Waals surface area contributed by atoms with Crippen LogP contribution in [0, 0.1) is 6.92 Å². The van der Waals surface area contributed by atoms with E-state index in [0.717, 1.165) is 17.0 Å². The van der Waals surface area contributed by atoms with Crippen molar-refractivity contribution in [3.63, 3.8) is 0 Å². The van der Waals surface area contributed by atoms with E-state index in [1.807, 2.05) is 25.1 Å². The first kappa shape index (κ1) is 18.9. The smallest absolute Gasteiger partial charge is 0.321 e. The zero-order valence-electron chi connectivity index (χ0n) is 15.6. The lowest BCUT2D eigenvalue weighted by Crippen LogP contribution is -2.64. The van der Waals surface area contributed by atoms with Crippen molar-refractivity contribution in [1.29, 1.82) is 0 Å². The maximum Gasteiger partial charge on any atom is 0.321 e. The zero-order valence-corrected chi connectivity index (χ0v) is 15.6. The number of hydrogen-bond acceptors (Lipinski definition) is 5. The first-order valence-corrected chi connectivity index (χ1v) is 9.02. The molecule has 0 bridgehead atoms. The van der Waals surface area contributed by atoms with Gasteiger partial charge in [-0.25, -0.2) is 4.79 Å². The minimum absolute atomic E-state index is 0.176. The van der Waals surface area contributed by atoms with Gasteiger partial charge in [0.1, 0.15) is 17.5 Å². The van der Waals surface area contributed by atoms with Crippen LogP contribution in [0.15, 0.2) is 18.2 Å². The molecule has 0 unspecified atom stereocenters. The molecule has 2 aliphatic rings. The highest BCUT2D eigenvalue weighted by Crippen LogP contribution is 2.39. The average molecular weight is 364 g/mol. The fourth-order valence-electron chi connectivity index (χ4n) is 3.85. The molecule has 3 rings (SSSR count). The number of likely N-dealkylation sites (tertiary alicyclic amines) is 1. The lowest BCUT2D eigenvalue weighted by Gasteiger charge is -2.51. The summed E-state index contributed by atoms with van der Waals surface area (Å²) < 4.78 is 11.0. The number of hydrogen-bond donors (Lipinski definition) is 3. The Morgan fingerprint density at radius 1 is 1.35 bits per heavy atom. The molecule has 0 aliphatic carbocycles. The molecule has 144 valence electrons. The Labute approximate surface area is 153 Å². The highest BCUT2D eigenvalue weighted by molar-refractivity contribution is 5.90. The Balaban J connectivity index is 1.62. The van der Waals surface area contributed by atoms with Crippen molar-refractivity contribution < 1.29 is 24.5 Å². The number of carbonyl (C=O) groups is 1. The SMILES string of the molecule is COc1ccc(NC(=O)N2CCC3(CC2)OCC[C@@](C)(O)[C@@H]3O)c(C)c1. The first-order chi connectivity index (χ1) is 12.3. The summed E-state index contributed by atoms with van der Waals surface area (Å²) in [4.78, 5) is 14.3. The second-order valence-electron chi connectivity index (χ2n) is 7.52. The Kier molecular flexibility index (Phi) is 5.14. The van der Waals surface area contributed by atoms with Gasteiger partial charge in [-0.3, -0.25) is 0 Å². The minimum Gasteiger partial charge on any atom is -0.497 e. The Hall–Kier alpha value is -1.83. The molecule has 0 aromatic heterocycles. The van der Waals surface area contributed by atoms with E-state index in [9.17, 15) is 15.0 Å². The van der Waals surface area contributed by atoms with Crippen molar-refractivity contribution in [3.8, 4) is 5.75 Å². The molecule has 7 nitrogen and oxygen atoms in total. The van der Waals surface area contributed by atoms with Crippen LogP contribution in [0.2, 0.25) is 0 Å². The van der Waals surface area contributed by atoms with Gasteiger partial charge in [-0.05, 0) is 50.5 Å². The maximum atomic E-state index is 12.6. The number of benzene rings is 1. The number of rotatable bonds is 2. The minimum atomic E-state index is -1.15. The van der Waals surface area contributed by atoms with Crippen molar-refractivity contribution in [2.75, 3.05) is 32.1 Å². The third-order valence-electron chi connectivity index (χ3n) is 5.66. The molecule has 2 atom stereocenters. The molecule has 2 fully saturated rings. The maximum absolute atomic E-state index is 12.6. The summed E-state index contributed by atoms with van der Waals surface area (Å²) >= 11 is 0. The van der Waals surface area contributed by atoms with E-state index in [0.29, 0.717) is 39.0 Å². The number of ether oxygens (including phenoxy) is 2. The van der Waals surface area contributed by atoms with Crippen LogP contribution in [-0.2, 0) is 4.74 Å². The van der Waals surface area contributed by atoms with Crippen molar-refractivity contribution in [2.24, 2.45) is 0 Å². The lowest BCUT2D eigenvalue weighted by atomic mass is 9.75. The number of aliphatic hydroxyl groups is 2. The van der Waals surface area contributed by atoms with Crippen LogP contribution < -0.4 is 10.1 Å². The predicted molar refractivity (Wildman–Crippen MR) is 97.5 cm³/mol. The van der Waals surface area contributed by atoms with Crippen LogP contribution in [0.1, 0.15) is 31.7 Å². The van der Waals surface area contributed by atoms with E-state index in [1.165, 1.54) is 0 Å². The Morgan fingerprint density at radius 2 is 2.04 bits per heavy atom. The quantitative estimate of drug-likeness (QED) is 0.746. The number of carbonyl (C=O) groups excluding carboxylic acids is 1. The van der Waals surface area contributed by atoms with Crippen LogP contribution in [0.25, 0.3) is 0 Å². The van der Waals surface area contributed by atoms with E-state index >= 15 is 0 Å². The first-order valence-electron chi connectivity index (χ1n) is 9.02. The molecule has 2 amide bonds. The summed E-state index contributed by atoms with van der Waals surface area (Å²) in [5.74, 6) is 0.746. The van der Waals surface area contributed by atoms with Crippen molar-refractivity contribution in [2.45, 2.75) is 50.4 Å². The largest absolute Gasteiger partial charge is 0.497 e. The van der Waals surface area contributed by atoms with Crippen molar-refractivity contribution in [3.05, 3.63) is 23.8 Å². The van der Waals surface area contributed by atoms with Crippen LogP contribution in [-0.4, -0.2) is 65.3 Å². The van der Waals surface area contributed by atoms with Gasteiger partial charge >= 0.3 is 6.03 Å². The average Bonchev–Trinajstić information content (AvgIpc) is 2.62. The molecular weight excluding hydrogens is 336 g/mol. The van der Waals surface area contributed by atoms with Crippen LogP contribution >= 0.6 is 0 Å². The van der Waals surface area contributed by atoms with Gasteiger partial charge in [-0.2, -0.15) is 0 Å². The van der Waals surface area contributed by atoms with Crippen LogP contribution in [0.3, 0.4) is 0 Å². The number of aliphatic hydroxyl groups excluding tert-OH is 1. The fraction of sp³-hybridized carbons (Fsp3) is 0.632.